The van der Waals surface area contributed by atoms with Gasteiger partial charge in [0.2, 0.25) is 0 Å². The molecule has 0 fully saturated rings. The molecule has 1 rings (SSSR count). The molecular weight excluding hydrogens is 212 g/mol. The third-order valence-electron chi connectivity index (χ3n) is 2.90. The molecule has 0 bridgehead atoms. The molecule has 94 valence electrons. The molecule has 2 heteroatoms. The van der Waals surface area contributed by atoms with Crippen molar-refractivity contribution in [2.45, 2.75) is 34.1 Å². The van der Waals surface area contributed by atoms with E-state index in [2.05, 4.69) is 32.9 Å². The Balaban J connectivity index is 2.82. The lowest BCUT2D eigenvalue weighted by atomic mass is 9.77. The van der Waals surface area contributed by atoms with Crippen LogP contribution in [-0.2, 0) is 16.0 Å². The van der Waals surface area contributed by atoms with Crippen LogP contribution in [0.3, 0.4) is 0 Å². The molecule has 0 heterocycles. The number of benzene rings is 1. The van der Waals surface area contributed by atoms with Gasteiger partial charge in [0.15, 0.2) is 0 Å². The second-order valence-electron chi connectivity index (χ2n) is 5.36. The van der Waals surface area contributed by atoms with E-state index < -0.39 is 0 Å². The van der Waals surface area contributed by atoms with Crippen molar-refractivity contribution in [1.29, 1.82) is 0 Å². The highest BCUT2D eigenvalue weighted by Gasteiger charge is 2.32. The van der Waals surface area contributed by atoms with E-state index >= 15 is 0 Å². The van der Waals surface area contributed by atoms with Crippen molar-refractivity contribution in [3.63, 3.8) is 0 Å². The van der Waals surface area contributed by atoms with Crippen LogP contribution in [0.25, 0.3) is 0 Å². The fraction of sp³-hybridized carbons (Fsp3) is 0.533. The van der Waals surface area contributed by atoms with Crippen LogP contribution in [0.15, 0.2) is 30.3 Å². The lowest BCUT2D eigenvalue weighted by molar-refractivity contribution is -0.151. The summed E-state index contributed by atoms with van der Waals surface area (Å²) in [6.45, 7) is 8.53. The van der Waals surface area contributed by atoms with Gasteiger partial charge in [0.05, 0.1) is 12.5 Å². The van der Waals surface area contributed by atoms with Gasteiger partial charge in [-0.2, -0.15) is 0 Å². The van der Waals surface area contributed by atoms with Crippen molar-refractivity contribution in [1.82, 2.24) is 0 Å². The van der Waals surface area contributed by atoms with Crippen molar-refractivity contribution < 1.29 is 9.53 Å². The molecule has 0 aliphatic carbocycles. The number of carbonyl (C=O) groups excluding carboxylic acids is 1. The fourth-order valence-electron chi connectivity index (χ4n) is 1.84. The second-order valence-corrected chi connectivity index (χ2v) is 5.36. The molecule has 0 saturated heterocycles. The zero-order chi connectivity index (χ0) is 12.9. The highest BCUT2D eigenvalue weighted by atomic mass is 16.5. The molecule has 2 nitrogen and oxygen atoms in total. The number of carbonyl (C=O) groups is 1. The van der Waals surface area contributed by atoms with Crippen LogP contribution in [0.4, 0.5) is 0 Å². The standard InChI is InChI=1S/C15H22O2/c1-5-17-14(16)13(15(2,3)4)11-12-9-7-6-8-10-12/h6-10,13H,5,11H2,1-4H3. The zero-order valence-corrected chi connectivity index (χ0v) is 11.2. The molecular formula is C15H22O2. The topological polar surface area (TPSA) is 26.3 Å². The summed E-state index contributed by atoms with van der Waals surface area (Å²) in [5.74, 6) is -0.186. The van der Waals surface area contributed by atoms with Gasteiger partial charge in [-0.3, -0.25) is 4.79 Å². The van der Waals surface area contributed by atoms with Gasteiger partial charge >= 0.3 is 5.97 Å². The first kappa shape index (κ1) is 13.8. The zero-order valence-electron chi connectivity index (χ0n) is 11.2. The Morgan fingerprint density at radius 3 is 2.29 bits per heavy atom. The summed E-state index contributed by atoms with van der Waals surface area (Å²) >= 11 is 0. The molecule has 0 spiro atoms. The Morgan fingerprint density at radius 2 is 1.82 bits per heavy atom. The first-order chi connectivity index (χ1) is 7.95. The molecule has 0 aliphatic heterocycles. The van der Waals surface area contributed by atoms with Crippen LogP contribution in [0.2, 0.25) is 0 Å². The number of esters is 1. The van der Waals surface area contributed by atoms with Gasteiger partial charge in [-0.05, 0) is 24.3 Å². The number of hydrogen-bond donors (Lipinski definition) is 0. The Kier molecular flexibility index (Phi) is 4.73. The molecule has 0 radical (unpaired) electrons. The van der Waals surface area contributed by atoms with E-state index in [4.69, 9.17) is 4.74 Å². The molecule has 1 aromatic rings. The molecule has 1 aromatic carbocycles. The van der Waals surface area contributed by atoms with Crippen molar-refractivity contribution in [2.75, 3.05) is 6.61 Å². The third-order valence-corrected chi connectivity index (χ3v) is 2.90. The Hall–Kier alpha value is -1.31. The minimum atomic E-state index is -0.0937. The summed E-state index contributed by atoms with van der Waals surface area (Å²) in [6, 6.07) is 10.1. The minimum Gasteiger partial charge on any atom is -0.466 e. The van der Waals surface area contributed by atoms with Crippen molar-refractivity contribution in [3.05, 3.63) is 35.9 Å². The number of rotatable bonds is 4. The lowest BCUT2D eigenvalue weighted by Gasteiger charge is -2.28. The molecule has 0 amide bonds. The van der Waals surface area contributed by atoms with Crippen LogP contribution < -0.4 is 0 Å². The van der Waals surface area contributed by atoms with Gasteiger partial charge < -0.3 is 4.74 Å². The molecule has 17 heavy (non-hydrogen) atoms. The average Bonchev–Trinajstić information content (AvgIpc) is 2.26. The van der Waals surface area contributed by atoms with E-state index in [0.29, 0.717) is 6.61 Å². The summed E-state index contributed by atoms with van der Waals surface area (Å²) in [5.41, 5.74) is 1.10. The predicted octanol–water partition coefficient (Wildman–Crippen LogP) is 3.45. The first-order valence-corrected chi connectivity index (χ1v) is 6.15. The van der Waals surface area contributed by atoms with E-state index in [1.54, 1.807) is 0 Å². The van der Waals surface area contributed by atoms with Crippen LogP contribution >= 0.6 is 0 Å². The van der Waals surface area contributed by atoms with E-state index in [0.717, 1.165) is 6.42 Å². The molecule has 0 aromatic heterocycles. The highest BCUT2D eigenvalue weighted by Crippen LogP contribution is 2.30. The van der Waals surface area contributed by atoms with Crippen LogP contribution in [0.5, 0.6) is 0 Å². The summed E-state index contributed by atoms with van der Waals surface area (Å²) in [7, 11) is 0. The maximum absolute atomic E-state index is 12.0. The molecule has 1 unspecified atom stereocenters. The van der Waals surface area contributed by atoms with E-state index in [1.165, 1.54) is 5.56 Å². The highest BCUT2D eigenvalue weighted by molar-refractivity contribution is 5.73. The van der Waals surface area contributed by atoms with Crippen LogP contribution in [0, 0.1) is 11.3 Å². The van der Waals surface area contributed by atoms with Crippen molar-refractivity contribution >= 4 is 5.97 Å². The van der Waals surface area contributed by atoms with E-state index in [-0.39, 0.29) is 17.3 Å². The van der Waals surface area contributed by atoms with E-state index in [9.17, 15) is 4.79 Å². The van der Waals surface area contributed by atoms with Crippen LogP contribution in [-0.4, -0.2) is 12.6 Å². The third kappa shape index (κ3) is 4.22. The second kappa shape index (κ2) is 5.85. The summed E-state index contributed by atoms with van der Waals surface area (Å²) in [4.78, 5) is 12.0. The SMILES string of the molecule is CCOC(=O)C(Cc1ccccc1)C(C)(C)C. The normalized spacial score (nSPS) is 13.2. The quantitative estimate of drug-likeness (QED) is 0.746. The lowest BCUT2D eigenvalue weighted by Crippen LogP contribution is -2.32. The number of ether oxygens (including phenoxy) is 1. The minimum absolute atomic E-state index is 0.0813. The monoisotopic (exact) mass is 234 g/mol. The molecule has 0 N–H and O–H groups in total. The molecule has 1 atom stereocenters. The summed E-state index contributed by atoms with van der Waals surface area (Å²) in [5, 5.41) is 0. The van der Waals surface area contributed by atoms with Gasteiger partial charge in [0, 0.05) is 0 Å². The van der Waals surface area contributed by atoms with E-state index in [1.807, 2.05) is 25.1 Å². The first-order valence-electron chi connectivity index (χ1n) is 6.15. The molecule has 0 saturated carbocycles. The van der Waals surface area contributed by atoms with Gasteiger partial charge in [-0.25, -0.2) is 0 Å². The fourth-order valence-corrected chi connectivity index (χ4v) is 1.84. The Labute approximate surface area is 104 Å². The Morgan fingerprint density at radius 1 is 1.24 bits per heavy atom. The van der Waals surface area contributed by atoms with Crippen LogP contribution in [0.1, 0.15) is 33.3 Å². The Bertz CT molecular complexity index is 349. The average molecular weight is 234 g/mol. The number of hydrogen-bond acceptors (Lipinski definition) is 2. The van der Waals surface area contributed by atoms with Crippen molar-refractivity contribution in [3.8, 4) is 0 Å². The summed E-state index contributed by atoms with van der Waals surface area (Å²) < 4.78 is 5.16. The van der Waals surface area contributed by atoms with Crippen molar-refractivity contribution in [2.24, 2.45) is 11.3 Å². The maximum Gasteiger partial charge on any atom is 0.309 e. The largest absolute Gasteiger partial charge is 0.466 e. The van der Waals surface area contributed by atoms with Gasteiger partial charge in [0.25, 0.3) is 0 Å². The van der Waals surface area contributed by atoms with Gasteiger partial charge in [-0.15, -0.1) is 0 Å². The van der Waals surface area contributed by atoms with Gasteiger partial charge in [-0.1, -0.05) is 51.1 Å². The molecule has 0 aliphatic rings. The summed E-state index contributed by atoms with van der Waals surface area (Å²) in [6.07, 6.45) is 0.739. The van der Waals surface area contributed by atoms with Gasteiger partial charge in [0.1, 0.15) is 0 Å². The smallest absolute Gasteiger partial charge is 0.309 e. The maximum atomic E-state index is 12.0. The predicted molar refractivity (Wildman–Crippen MR) is 69.7 cm³/mol.